The van der Waals surface area contributed by atoms with E-state index in [1.54, 1.807) is 0 Å². The number of nitrogens with one attached hydrogen (secondary N) is 1. The summed E-state index contributed by atoms with van der Waals surface area (Å²) in [6.07, 6.45) is 1.36. The molecule has 0 aromatic rings. The second kappa shape index (κ2) is 3.61. The topological polar surface area (TPSA) is 49.4 Å². The highest BCUT2D eigenvalue weighted by atomic mass is 32.2. The lowest BCUT2D eigenvalue weighted by Crippen LogP contribution is -2.39. The van der Waals surface area contributed by atoms with E-state index in [0.29, 0.717) is 6.42 Å². The summed E-state index contributed by atoms with van der Waals surface area (Å²) in [5.74, 6) is 0.750. The summed E-state index contributed by atoms with van der Waals surface area (Å²) in [4.78, 5) is 22.0. The van der Waals surface area contributed by atoms with Crippen LogP contribution in [-0.4, -0.2) is 29.0 Å². The van der Waals surface area contributed by atoms with E-state index in [9.17, 15) is 9.59 Å². The fourth-order valence-corrected chi connectivity index (χ4v) is 1.73. The monoisotopic (exact) mass is 174 g/mol. The number of carbonyl (C=O) groups excluding carboxylic acids is 2. The molecule has 1 aliphatic rings. The first-order valence-electron chi connectivity index (χ1n) is 3.43. The molecule has 1 fully saturated rings. The summed E-state index contributed by atoms with van der Waals surface area (Å²) in [6, 6.07) is -0.320. The molecular formula is C6H10N2O2S. The molecule has 1 saturated heterocycles. The molecule has 62 valence electrons. The Hall–Kier alpha value is -0.710. The summed E-state index contributed by atoms with van der Waals surface area (Å²) < 4.78 is 1.18. The van der Waals surface area contributed by atoms with Gasteiger partial charge in [0, 0.05) is 19.2 Å². The highest BCUT2D eigenvalue weighted by Gasteiger charge is 2.24. The van der Waals surface area contributed by atoms with E-state index in [4.69, 9.17) is 0 Å². The molecule has 0 saturated carbocycles. The van der Waals surface area contributed by atoms with Crippen LogP contribution in [0.15, 0.2) is 0 Å². The van der Waals surface area contributed by atoms with E-state index in [0.717, 1.165) is 12.2 Å². The molecule has 0 bridgehead atoms. The Labute approximate surface area is 69.4 Å². The van der Waals surface area contributed by atoms with Gasteiger partial charge in [0.05, 0.1) is 0 Å². The van der Waals surface area contributed by atoms with Crippen molar-refractivity contribution in [3.63, 3.8) is 0 Å². The molecule has 0 unspecified atom stereocenters. The Morgan fingerprint density at radius 2 is 2.45 bits per heavy atom. The number of urea groups is 1. The van der Waals surface area contributed by atoms with Gasteiger partial charge in [0.1, 0.15) is 0 Å². The third-order valence-corrected chi connectivity index (χ3v) is 2.48. The lowest BCUT2D eigenvalue weighted by Gasteiger charge is -2.22. The Bertz CT molecular complexity index is 175. The normalized spacial score (nSPS) is 18.3. The molecule has 1 aliphatic heterocycles. The number of rotatable bonds is 0. The van der Waals surface area contributed by atoms with Crippen LogP contribution in [0.3, 0.4) is 0 Å². The zero-order chi connectivity index (χ0) is 8.27. The van der Waals surface area contributed by atoms with E-state index < -0.39 is 0 Å². The average Bonchev–Trinajstić information content (AvgIpc) is 2.04. The molecule has 3 amide bonds. The van der Waals surface area contributed by atoms with Crippen LogP contribution >= 0.6 is 11.9 Å². The molecule has 11 heavy (non-hydrogen) atoms. The molecular weight excluding hydrogens is 164 g/mol. The lowest BCUT2D eigenvalue weighted by molar-refractivity contribution is -0.124. The summed E-state index contributed by atoms with van der Waals surface area (Å²) >= 11 is 1.28. The molecule has 1 N–H and O–H groups in total. The van der Waals surface area contributed by atoms with Gasteiger partial charge < -0.3 is 5.32 Å². The van der Waals surface area contributed by atoms with Gasteiger partial charge in [-0.25, -0.2) is 9.10 Å². The first-order chi connectivity index (χ1) is 5.25. The molecule has 1 rings (SSSR count). The van der Waals surface area contributed by atoms with Crippen molar-refractivity contribution in [3.05, 3.63) is 0 Å². The minimum atomic E-state index is -0.320. The number of hydrogen-bond donors (Lipinski definition) is 1. The van der Waals surface area contributed by atoms with Crippen LogP contribution in [-0.2, 0) is 4.79 Å². The number of hydrogen-bond acceptors (Lipinski definition) is 3. The molecule has 0 atom stereocenters. The number of imide groups is 1. The third kappa shape index (κ3) is 1.86. The van der Waals surface area contributed by atoms with E-state index >= 15 is 0 Å². The molecule has 0 aromatic heterocycles. The van der Waals surface area contributed by atoms with E-state index in [2.05, 4.69) is 5.32 Å². The van der Waals surface area contributed by atoms with Crippen molar-refractivity contribution in [1.29, 1.82) is 0 Å². The van der Waals surface area contributed by atoms with Crippen molar-refractivity contribution in [2.75, 3.05) is 12.8 Å². The number of amides is 3. The van der Waals surface area contributed by atoms with Crippen LogP contribution in [0.25, 0.3) is 0 Å². The quantitative estimate of drug-likeness (QED) is 0.547. The Morgan fingerprint density at radius 1 is 1.73 bits per heavy atom. The standard InChI is InChI=1S/C6H10N2O2S/c1-7-6(10)8-5(9)3-2-4-11-8/h2-4H2,1H3,(H,7,10). The molecule has 1 heterocycles. The van der Waals surface area contributed by atoms with Gasteiger partial charge in [-0.05, 0) is 18.4 Å². The zero-order valence-corrected chi connectivity index (χ0v) is 7.11. The van der Waals surface area contributed by atoms with Crippen molar-refractivity contribution in [1.82, 2.24) is 9.62 Å². The van der Waals surface area contributed by atoms with Gasteiger partial charge in [-0.15, -0.1) is 0 Å². The van der Waals surface area contributed by atoms with Gasteiger partial charge in [-0.2, -0.15) is 0 Å². The predicted molar refractivity (Wildman–Crippen MR) is 43.0 cm³/mol. The van der Waals surface area contributed by atoms with Crippen LogP contribution in [0.2, 0.25) is 0 Å². The summed E-state index contributed by atoms with van der Waals surface area (Å²) in [6.45, 7) is 0. The second-order valence-electron chi connectivity index (χ2n) is 2.18. The maximum atomic E-state index is 11.0. The number of carbonyl (C=O) groups is 2. The largest absolute Gasteiger partial charge is 0.340 e. The molecule has 0 aromatic carbocycles. The fourth-order valence-electron chi connectivity index (χ4n) is 0.826. The van der Waals surface area contributed by atoms with Gasteiger partial charge >= 0.3 is 6.03 Å². The van der Waals surface area contributed by atoms with Gasteiger partial charge in [-0.1, -0.05) is 0 Å². The highest BCUT2D eigenvalue weighted by Crippen LogP contribution is 2.20. The molecule has 0 radical (unpaired) electrons. The van der Waals surface area contributed by atoms with Crippen LogP contribution in [0.4, 0.5) is 4.79 Å². The van der Waals surface area contributed by atoms with Crippen LogP contribution in [0, 0.1) is 0 Å². The number of nitrogens with zero attached hydrogens (tertiary/aromatic N) is 1. The zero-order valence-electron chi connectivity index (χ0n) is 6.29. The van der Waals surface area contributed by atoms with Gasteiger partial charge in [0.15, 0.2) is 0 Å². The summed E-state index contributed by atoms with van der Waals surface area (Å²) in [5.41, 5.74) is 0. The van der Waals surface area contributed by atoms with Gasteiger partial charge in [0.25, 0.3) is 0 Å². The smallest absolute Gasteiger partial charge is 0.334 e. The van der Waals surface area contributed by atoms with Crippen molar-refractivity contribution in [2.24, 2.45) is 0 Å². The van der Waals surface area contributed by atoms with Crippen LogP contribution in [0.1, 0.15) is 12.8 Å². The minimum Gasteiger partial charge on any atom is -0.340 e. The van der Waals surface area contributed by atoms with Crippen molar-refractivity contribution in [3.8, 4) is 0 Å². The Morgan fingerprint density at radius 3 is 3.00 bits per heavy atom. The maximum Gasteiger partial charge on any atom is 0.334 e. The van der Waals surface area contributed by atoms with Crippen molar-refractivity contribution in [2.45, 2.75) is 12.8 Å². The molecule has 0 aliphatic carbocycles. The molecule has 0 spiro atoms. The molecule has 4 nitrogen and oxygen atoms in total. The third-order valence-electron chi connectivity index (χ3n) is 1.38. The van der Waals surface area contributed by atoms with Crippen LogP contribution < -0.4 is 5.32 Å². The summed E-state index contributed by atoms with van der Waals surface area (Å²) in [7, 11) is 1.52. The summed E-state index contributed by atoms with van der Waals surface area (Å²) in [5, 5.41) is 2.41. The van der Waals surface area contributed by atoms with Crippen molar-refractivity contribution < 1.29 is 9.59 Å². The average molecular weight is 174 g/mol. The maximum absolute atomic E-state index is 11.0. The Kier molecular flexibility index (Phi) is 2.76. The minimum absolute atomic E-state index is 0.0967. The van der Waals surface area contributed by atoms with Crippen LogP contribution in [0.5, 0.6) is 0 Å². The highest BCUT2D eigenvalue weighted by molar-refractivity contribution is 7.98. The SMILES string of the molecule is CNC(=O)N1SCCCC1=O. The molecule has 5 heteroatoms. The van der Waals surface area contributed by atoms with E-state index in [1.165, 1.54) is 23.3 Å². The van der Waals surface area contributed by atoms with Crippen molar-refractivity contribution >= 4 is 23.9 Å². The predicted octanol–water partition coefficient (Wildman–Crippen LogP) is 0.596. The fraction of sp³-hybridized carbons (Fsp3) is 0.667. The van der Waals surface area contributed by atoms with E-state index in [1.807, 2.05) is 0 Å². The van der Waals surface area contributed by atoms with Gasteiger partial charge in [-0.3, -0.25) is 4.79 Å². The first-order valence-corrected chi connectivity index (χ1v) is 4.37. The van der Waals surface area contributed by atoms with Gasteiger partial charge in [0.2, 0.25) is 5.91 Å². The first kappa shape index (κ1) is 8.39. The Balaban J connectivity index is 2.54. The lowest BCUT2D eigenvalue weighted by atomic mass is 10.3. The second-order valence-corrected chi connectivity index (χ2v) is 3.21. The van der Waals surface area contributed by atoms with E-state index in [-0.39, 0.29) is 11.9 Å².